The molecule has 0 saturated carbocycles. The maximum absolute atomic E-state index is 14.5. The van der Waals surface area contributed by atoms with Gasteiger partial charge in [-0.2, -0.15) is 0 Å². The largest absolute Gasteiger partial charge is 0.354 e. The molecule has 1 atom stereocenters. The first-order chi connectivity index (χ1) is 21.1. The fourth-order valence-corrected chi connectivity index (χ4v) is 6.31. The summed E-state index contributed by atoms with van der Waals surface area (Å²) in [5.41, 5.74) is 4.02. The van der Waals surface area contributed by atoms with Crippen LogP contribution in [-0.2, 0) is 32.6 Å². The first kappa shape index (κ1) is 32.5. The molecule has 0 aliphatic carbocycles. The number of carbonyl (C=O) groups excluding carboxylic acids is 2. The highest BCUT2D eigenvalue weighted by molar-refractivity contribution is 7.92. The van der Waals surface area contributed by atoms with E-state index >= 15 is 0 Å². The fraction of sp³-hybridized carbons (Fsp3) is 0.278. The van der Waals surface area contributed by atoms with Crippen LogP contribution in [0.1, 0.15) is 36.1 Å². The van der Waals surface area contributed by atoms with Crippen molar-refractivity contribution in [3.8, 4) is 0 Å². The Balaban J connectivity index is 1.79. The molecule has 0 radical (unpaired) electrons. The number of nitrogens with one attached hydrogen (secondary N) is 1. The van der Waals surface area contributed by atoms with Gasteiger partial charge in [-0.05, 0) is 66.3 Å². The third-order valence-corrected chi connectivity index (χ3v) is 9.33. The highest BCUT2D eigenvalue weighted by Crippen LogP contribution is 2.27. The van der Waals surface area contributed by atoms with E-state index in [4.69, 9.17) is 0 Å². The molecule has 4 aromatic rings. The minimum atomic E-state index is -4.13. The molecular formula is C36H41N3O4S. The number of sulfonamides is 1. The Morgan fingerprint density at radius 1 is 0.750 bits per heavy atom. The first-order valence-corrected chi connectivity index (χ1v) is 16.3. The molecule has 2 amide bonds. The summed E-state index contributed by atoms with van der Waals surface area (Å²) < 4.78 is 29.3. The van der Waals surface area contributed by atoms with Gasteiger partial charge >= 0.3 is 0 Å². The van der Waals surface area contributed by atoms with E-state index in [-0.39, 0.29) is 29.7 Å². The molecule has 0 saturated heterocycles. The minimum absolute atomic E-state index is 0.0798. The Kier molecular flexibility index (Phi) is 11.0. The molecule has 0 aliphatic rings. The van der Waals surface area contributed by atoms with Crippen LogP contribution in [0.2, 0.25) is 0 Å². The standard InChI is InChI=1S/C36H41N3O4S/c1-27(2)24-37-36(41)34(23-30-14-8-5-9-15-30)38(25-31-16-10-6-11-17-31)35(40)26-39(32-21-20-28(3)29(4)22-32)44(42,43)33-18-12-7-13-19-33/h5-22,27,34H,23-26H2,1-4H3,(H,37,41). The molecule has 0 aromatic heterocycles. The second-order valence-corrected chi connectivity index (χ2v) is 13.3. The molecule has 4 rings (SSSR count). The summed E-state index contributed by atoms with van der Waals surface area (Å²) in [6.45, 7) is 7.99. The van der Waals surface area contributed by atoms with Gasteiger partial charge in [-0.3, -0.25) is 13.9 Å². The zero-order chi connectivity index (χ0) is 31.7. The predicted octanol–water partition coefficient (Wildman–Crippen LogP) is 5.91. The van der Waals surface area contributed by atoms with Gasteiger partial charge in [-0.25, -0.2) is 8.42 Å². The monoisotopic (exact) mass is 611 g/mol. The summed E-state index contributed by atoms with van der Waals surface area (Å²) in [6.07, 6.45) is 0.276. The van der Waals surface area contributed by atoms with Crippen LogP contribution in [0.15, 0.2) is 114 Å². The van der Waals surface area contributed by atoms with Crippen molar-refractivity contribution in [2.45, 2.75) is 51.6 Å². The molecule has 1 unspecified atom stereocenters. The molecule has 8 heteroatoms. The van der Waals surface area contributed by atoms with Gasteiger partial charge in [-0.1, -0.05) is 98.8 Å². The van der Waals surface area contributed by atoms with Gasteiger partial charge in [0.2, 0.25) is 11.8 Å². The van der Waals surface area contributed by atoms with Gasteiger partial charge in [0.1, 0.15) is 12.6 Å². The highest BCUT2D eigenvalue weighted by atomic mass is 32.2. The lowest BCUT2D eigenvalue weighted by Gasteiger charge is -2.34. The Bertz CT molecular complexity index is 1640. The molecule has 0 fully saturated rings. The minimum Gasteiger partial charge on any atom is -0.354 e. The number of nitrogens with zero attached hydrogens (tertiary/aromatic N) is 2. The number of hydrogen-bond donors (Lipinski definition) is 1. The van der Waals surface area contributed by atoms with Crippen molar-refractivity contribution < 1.29 is 18.0 Å². The predicted molar refractivity (Wildman–Crippen MR) is 176 cm³/mol. The highest BCUT2D eigenvalue weighted by Gasteiger charge is 2.34. The third-order valence-electron chi connectivity index (χ3n) is 7.54. The average Bonchev–Trinajstić information content (AvgIpc) is 3.03. The molecule has 44 heavy (non-hydrogen) atoms. The van der Waals surface area contributed by atoms with Gasteiger partial charge in [0.25, 0.3) is 10.0 Å². The van der Waals surface area contributed by atoms with E-state index in [2.05, 4.69) is 5.32 Å². The third kappa shape index (κ3) is 8.35. The maximum atomic E-state index is 14.5. The summed E-state index contributed by atoms with van der Waals surface area (Å²) in [5, 5.41) is 3.01. The van der Waals surface area contributed by atoms with E-state index in [1.54, 1.807) is 30.3 Å². The Morgan fingerprint density at radius 2 is 1.32 bits per heavy atom. The quantitative estimate of drug-likeness (QED) is 0.204. The fourth-order valence-electron chi connectivity index (χ4n) is 4.89. The van der Waals surface area contributed by atoms with Crippen molar-refractivity contribution in [3.63, 3.8) is 0 Å². The van der Waals surface area contributed by atoms with E-state index in [1.165, 1.54) is 17.0 Å². The van der Waals surface area contributed by atoms with Gasteiger partial charge < -0.3 is 10.2 Å². The molecule has 0 spiro atoms. The second kappa shape index (κ2) is 14.8. The van der Waals surface area contributed by atoms with Crippen molar-refractivity contribution in [1.82, 2.24) is 10.2 Å². The molecule has 0 aliphatic heterocycles. The van der Waals surface area contributed by atoms with Gasteiger partial charge in [0.05, 0.1) is 10.6 Å². The summed E-state index contributed by atoms with van der Waals surface area (Å²) in [5.74, 6) is -0.548. The molecule has 7 nitrogen and oxygen atoms in total. The summed E-state index contributed by atoms with van der Waals surface area (Å²) in [7, 11) is -4.13. The summed E-state index contributed by atoms with van der Waals surface area (Å²) in [6, 6.07) is 31.6. The molecular weight excluding hydrogens is 570 g/mol. The topological polar surface area (TPSA) is 86.8 Å². The zero-order valence-electron chi connectivity index (χ0n) is 25.8. The van der Waals surface area contributed by atoms with Crippen LogP contribution in [0.4, 0.5) is 5.69 Å². The lowest BCUT2D eigenvalue weighted by molar-refractivity contribution is -0.140. The lowest BCUT2D eigenvalue weighted by Crippen LogP contribution is -2.53. The molecule has 0 heterocycles. The van der Waals surface area contributed by atoms with Crippen LogP contribution < -0.4 is 9.62 Å². The lowest BCUT2D eigenvalue weighted by atomic mass is 10.0. The number of hydrogen-bond acceptors (Lipinski definition) is 4. The molecule has 230 valence electrons. The summed E-state index contributed by atoms with van der Waals surface area (Å²) in [4.78, 5) is 29.9. The zero-order valence-corrected chi connectivity index (χ0v) is 26.6. The summed E-state index contributed by atoms with van der Waals surface area (Å²) >= 11 is 0. The van der Waals surface area contributed by atoms with Gasteiger partial charge in [0.15, 0.2) is 0 Å². The van der Waals surface area contributed by atoms with Crippen LogP contribution in [-0.4, -0.2) is 44.3 Å². The van der Waals surface area contributed by atoms with E-state index in [1.807, 2.05) is 94.4 Å². The second-order valence-electron chi connectivity index (χ2n) is 11.4. The van der Waals surface area contributed by atoms with Crippen LogP contribution in [0, 0.1) is 19.8 Å². The van der Waals surface area contributed by atoms with Crippen molar-refractivity contribution in [2.75, 3.05) is 17.4 Å². The maximum Gasteiger partial charge on any atom is 0.264 e. The number of benzene rings is 4. The van der Waals surface area contributed by atoms with Crippen molar-refractivity contribution >= 4 is 27.5 Å². The van der Waals surface area contributed by atoms with E-state index < -0.39 is 28.5 Å². The van der Waals surface area contributed by atoms with Crippen LogP contribution in [0.25, 0.3) is 0 Å². The SMILES string of the molecule is Cc1ccc(N(CC(=O)N(Cc2ccccc2)C(Cc2ccccc2)C(=O)NCC(C)C)S(=O)(=O)c2ccccc2)cc1C. The number of amides is 2. The van der Waals surface area contributed by atoms with E-state index in [9.17, 15) is 18.0 Å². The van der Waals surface area contributed by atoms with Crippen LogP contribution >= 0.6 is 0 Å². The number of carbonyl (C=O) groups is 2. The first-order valence-electron chi connectivity index (χ1n) is 14.9. The van der Waals surface area contributed by atoms with Crippen molar-refractivity contribution in [2.24, 2.45) is 5.92 Å². The van der Waals surface area contributed by atoms with Crippen molar-refractivity contribution in [1.29, 1.82) is 0 Å². The number of aryl methyl sites for hydroxylation is 2. The van der Waals surface area contributed by atoms with E-state index in [0.717, 1.165) is 26.6 Å². The van der Waals surface area contributed by atoms with Crippen molar-refractivity contribution in [3.05, 3.63) is 131 Å². The Hall–Kier alpha value is -4.43. The Morgan fingerprint density at radius 3 is 1.89 bits per heavy atom. The van der Waals surface area contributed by atoms with E-state index in [0.29, 0.717) is 12.2 Å². The smallest absolute Gasteiger partial charge is 0.264 e. The van der Waals surface area contributed by atoms with Gasteiger partial charge in [-0.15, -0.1) is 0 Å². The number of anilines is 1. The van der Waals surface area contributed by atoms with Crippen LogP contribution in [0.5, 0.6) is 0 Å². The van der Waals surface area contributed by atoms with Gasteiger partial charge in [0, 0.05) is 19.5 Å². The Labute approximate surface area is 261 Å². The number of rotatable bonds is 13. The molecule has 1 N–H and O–H groups in total. The molecule has 0 bridgehead atoms. The average molecular weight is 612 g/mol. The molecule has 4 aromatic carbocycles. The van der Waals surface area contributed by atoms with Crippen LogP contribution in [0.3, 0.4) is 0 Å². The normalized spacial score (nSPS) is 12.0.